The van der Waals surface area contributed by atoms with Gasteiger partial charge in [0.15, 0.2) is 0 Å². The van der Waals surface area contributed by atoms with Gasteiger partial charge in [0.05, 0.1) is 19.3 Å². The van der Waals surface area contributed by atoms with Crippen molar-refractivity contribution in [1.29, 1.82) is 0 Å². The standard InChI is InChI=1S/C14H24N4O3/c1-5-11(4)17(9-14(20)21)8-13(19)16-12-6-7-15-18(12)10(2)3/h6-7,10-11H,5,8-9H2,1-4H3,(H,16,19)(H,20,21). The van der Waals surface area contributed by atoms with Gasteiger partial charge >= 0.3 is 5.97 Å². The van der Waals surface area contributed by atoms with E-state index in [1.807, 2.05) is 27.7 Å². The topological polar surface area (TPSA) is 87.5 Å². The molecule has 0 radical (unpaired) electrons. The molecule has 0 aliphatic heterocycles. The van der Waals surface area contributed by atoms with E-state index in [0.717, 1.165) is 6.42 Å². The average Bonchev–Trinajstić information content (AvgIpc) is 2.84. The quantitative estimate of drug-likeness (QED) is 0.760. The van der Waals surface area contributed by atoms with E-state index >= 15 is 0 Å². The van der Waals surface area contributed by atoms with Crippen LogP contribution in [0.4, 0.5) is 5.82 Å². The molecule has 7 nitrogen and oxygen atoms in total. The van der Waals surface area contributed by atoms with Crippen LogP contribution < -0.4 is 5.32 Å². The minimum Gasteiger partial charge on any atom is -0.480 e. The Morgan fingerprint density at radius 2 is 2.05 bits per heavy atom. The molecule has 1 rings (SSSR count). The lowest BCUT2D eigenvalue weighted by Gasteiger charge is -2.26. The second-order valence-electron chi connectivity index (χ2n) is 5.36. The Bertz CT molecular complexity index is 484. The summed E-state index contributed by atoms with van der Waals surface area (Å²) in [5.74, 6) is -0.552. The molecule has 21 heavy (non-hydrogen) atoms. The number of rotatable bonds is 8. The van der Waals surface area contributed by atoms with Crippen LogP contribution in [0.1, 0.15) is 40.2 Å². The number of carbonyl (C=O) groups is 2. The molecule has 1 amide bonds. The summed E-state index contributed by atoms with van der Waals surface area (Å²) in [6.45, 7) is 7.72. The number of aromatic nitrogens is 2. The number of hydrogen-bond donors (Lipinski definition) is 2. The van der Waals surface area contributed by atoms with Crippen LogP contribution >= 0.6 is 0 Å². The second-order valence-corrected chi connectivity index (χ2v) is 5.36. The zero-order chi connectivity index (χ0) is 16.0. The van der Waals surface area contributed by atoms with Crippen molar-refractivity contribution in [3.05, 3.63) is 12.3 Å². The summed E-state index contributed by atoms with van der Waals surface area (Å²) in [5, 5.41) is 15.9. The van der Waals surface area contributed by atoms with Crippen LogP contribution in [0.15, 0.2) is 12.3 Å². The molecule has 2 N–H and O–H groups in total. The molecule has 0 bridgehead atoms. The number of carbonyl (C=O) groups excluding carboxylic acids is 1. The largest absolute Gasteiger partial charge is 0.480 e. The lowest BCUT2D eigenvalue weighted by molar-refractivity contribution is -0.139. The molecule has 1 atom stereocenters. The molecule has 0 saturated carbocycles. The number of carboxylic acid groups (broad SMARTS) is 1. The van der Waals surface area contributed by atoms with Gasteiger partial charge in [0, 0.05) is 18.2 Å². The third-order valence-corrected chi connectivity index (χ3v) is 3.33. The van der Waals surface area contributed by atoms with Gasteiger partial charge in [0.25, 0.3) is 0 Å². The summed E-state index contributed by atoms with van der Waals surface area (Å²) in [6.07, 6.45) is 2.41. The summed E-state index contributed by atoms with van der Waals surface area (Å²) in [7, 11) is 0. The van der Waals surface area contributed by atoms with Crippen LogP contribution in [0.25, 0.3) is 0 Å². The molecule has 0 aliphatic rings. The monoisotopic (exact) mass is 296 g/mol. The molecule has 0 fully saturated rings. The molecule has 1 aromatic rings. The first-order valence-corrected chi connectivity index (χ1v) is 7.14. The van der Waals surface area contributed by atoms with Crippen LogP contribution in [0, 0.1) is 0 Å². The lowest BCUT2D eigenvalue weighted by atomic mass is 10.2. The van der Waals surface area contributed by atoms with Crippen LogP contribution in [-0.2, 0) is 9.59 Å². The third kappa shape index (κ3) is 5.18. The molecule has 1 aromatic heterocycles. The number of aliphatic carboxylic acids is 1. The normalized spacial score (nSPS) is 12.7. The molecular formula is C14H24N4O3. The number of nitrogens with one attached hydrogen (secondary N) is 1. The fourth-order valence-electron chi connectivity index (χ4n) is 1.99. The minimum atomic E-state index is -0.935. The highest BCUT2D eigenvalue weighted by Crippen LogP contribution is 2.13. The third-order valence-electron chi connectivity index (χ3n) is 3.33. The number of anilines is 1. The first kappa shape index (κ1) is 17.2. The average molecular weight is 296 g/mol. The van der Waals surface area contributed by atoms with Crippen LogP contribution in [0.2, 0.25) is 0 Å². The van der Waals surface area contributed by atoms with E-state index in [4.69, 9.17) is 5.11 Å². The van der Waals surface area contributed by atoms with Gasteiger partial charge in [-0.1, -0.05) is 6.92 Å². The molecule has 0 aliphatic carbocycles. The van der Waals surface area contributed by atoms with Crippen LogP contribution in [-0.4, -0.2) is 50.8 Å². The number of hydrogen-bond acceptors (Lipinski definition) is 4. The number of carboxylic acids is 1. The van der Waals surface area contributed by atoms with Gasteiger partial charge in [-0.15, -0.1) is 0 Å². The molecule has 7 heteroatoms. The Morgan fingerprint density at radius 3 is 2.57 bits per heavy atom. The van der Waals surface area contributed by atoms with Crippen LogP contribution in [0.5, 0.6) is 0 Å². The minimum absolute atomic E-state index is 0.0295. The maximum absolute atomic E-state index is 12.1. The SMILES string of the molecule is CCC(C)N(CC(=O)O)CC(=O)Nc1ccnn1C(C)C. The predicted octanol–water partition coefficient (Wildman–Crippen LogP) is 1.59. The van der Waals surface area contributed by atoms with E-state index in [0.29, 0.717) is 5.82 Å². The van der Waals surface area contributed by atoms with Gasteiger partial charge in [-0.3, -0.25) is 14.5 Å². The van der Waals surface area contributed by atoms with E-state index < -0.39 is 5.97 Å². The van der Waals surface area contributed by atoms with E-state index in [-0.39, 0.29) is 31.1 Å². The van der Waals surface area contributed by atoms with Crippen molar-refractivity contribution in [3.63, 3.8) is 0 Å². The molecule has 118 valence electrons. The Morgan fingerprint density at radius 1 is 1.38 bits per heavy atom. The maximum atomic E-state index is 12.1. The van der Waals surface area contributed by atoms with E-state index in [9.17, 15) is 9.59 Å². The van der Waals surface area contributed by atoms with E-state index in [1.54, 1.807) is 21.8 Å². The van der Waals surface area contributed by atoms with E-state index in [1.165, 1.54) is 0 Å². The van der Waals surface area contributed by atoms with Crippen molar-refractivity contribution in [3.8, 4) is 0 Å². The molecule has 0 saturated heterocycles. The zero-order valence-corrected chi connectivity index (χ0v) is 13.0. The van der Waals surface area contributed by atoms with Crippen LogP contribution in [0.3, 0.4) is 0 Å². The zero-order valence-electron chi connectivity index (χ0n) is 13.0. The van der Waals surface area contributed by atoms with Crippen molar-refractivity contribution >= 4 is 17.7 Å². The highest BCUT2D eigenvalue weighted by molar-refractivity contribution is 5.91. The van der Waals surface area contributed by atoms with Crippen molar-refractivity contribution in [2.24, 2.45) is 0 Å². The fourth-order valence-corrected chi connectivity index (χ4v) is 1.99. The van der Waals surface area contributed by atoms with E-state index in [2.05, 4.69) is 10.4 Å². The summed E-state index contributed by atoms with van der Waals surface area (Å²) >= 11 is 0. The molecule has 1 heterocycles. The van der Waals surface area contributed by atoms with Gasteiger partial charge in [-0.2, -0.15) is 5.10 Å². The van der Waals surface area contributed by atoms with Gasteiger partial charge in [0.2, 0.25) is 5.91 Å². The predicted molar refractivity (Wildman–Crippen MR) is 80.2 cm³/mol. The highest BCUT2D eigenvalue weighted by Gasteiger charge is 2.19. The van der Waals surface area contributed by atoms with Crippen molar-refractivity contribution < 1.29 is 14.7 Å². The Labute approximate surface area is 124 Å². The first-order chi connectivity index (χ1) is 9.85. The molecule has 1 unspecified atom stereocenters. The molecule has 0 aromatic carbocycles. The van der Waals surface area contributed by atoms with Crippen molar-refractivity contribution in [1.82, 2.24) is 14.7 Å². The summed E-state index contributed by atoms with van der Waals surface area (Å²) in [6, 6.07) is 1.89. The smallest absolute Gasteiger partial charge is 0.317 e. The maximum Gasteiger partial charge on any atom is 0.317 e. The van der Waals surface area contributed by atoms with Gasteiger partial charge < -0.3 is 10.4 Å². The highest BCUT2D eigenvalue weighted by atomic mass is 16.4. The Balaban J connectivity index is 2.69. The van der Waals surface area contributed by atoms with Gasteiger partial charge in [-0.25, -0.2) is 4.68 Å². The van der Waals surface area contributed by atoms with Crippen molar-refractivity contribution in [2.45, 2.75) is 46.2 Å². The summed E-state index contributed by atoms with van der Waals surface area (Å²) < 4.78 is 1.71. The number of amides is 1. The Hall–Kier alpha value is -1.89. The van der Waals surface area contributed by atoms with Gasteiger partial charge in [-0.05, 0) is 27.2 Å². The first-order valence-electron chi connectivity index (χ1n) is 7.14. The Kier molecular flexibility index (Phi) is 6.36. The molecule has 0 spiro atoms. The summed E-state index contributed by atoms with van der Waals surface area (Å²) in [5.41, 5.74) is 0. The summed E-state index contributed by atoms with van der Waals surface area (Å²) in [4.78, 5) is 24.6. The fraction of sp³-hybridized carbons (Fsp3) is 0.643. The van der Waals surface area contributed by atoms with Gasteiger partial charge in [0.1, 0.15) is 5.82 Å². The van der Waals surface area contributed by atoms with Crippen molar-refractivity contribution in [2.75, 3.05) is 18.4 Å². The number of nitrogens with zero attached hydrogens (tertiary/aromatic N) is 3. The molecular weight excluding hydrogens is 272 g/mol. The second kappa shape index (κ2) is 7.78. The lowest BCUT2D eigenvalue weighted by Crippen LogP contribution is -2.42.